The van der Waals surface area contributed by atoms with E-state index in [1.54, 1.807) is 0 Å². The summed E-state index contributed by atoms with van der Waals surface area (Å²) in [4.78, 5) is 20.4. The van der Waals surface area contributed by atoms with Gasteiger partial charge in [0.15, 0.2) is 0 Å². The molecule has 1 aliphatic rings. The number of carboxylic acid groups (broad SMARTS) is 1. The largest absolute Gasteiger partial charge is 0.480 e. The highest BCUT2D eigenvalue weighted by atomic mass is 16.4. The summed E-state index contributed by atoms with van der Waals surface area (Å²) in [6.07, 6.45) is 5.19. The van der Waals surface area contributed by atoms with E-state index in [1.807, 2.05) is 30.1 Å². The van der Waals surface area contributed by atoms with Crippen molar-refractivity contribution in [2.24, 2.45) is 0 Å². The number of aromatic nitrogens is 2. The molecule has 29 heavy (non-hydrogen) atoms. The number of likely N-dealkylation sites (tertiary alicyclic amines) is 1. The van der Waals surface area contributed by atoms with Gasteiger partial charge in [0.1, 0.15) is 5.65 Å². The van der Waals surface area contributed by atoms with Crippen LogP contribution in [0.3, 0.4) is 0 Å². The van der Waals surface area contributed by atoms with E-state index >= 15 is 0 Å². The van der Waals surface area contributed by atoms with Crippen LogP contribution in [0.25, 0.3) is 16.9 Å². The first-order valence-corrected chi connectivity index (χ1v) is 10.3. The molecule has 152 valence electrons. The average molecular weight is 393 g/mol. The van der Waals surface area contributed by atoms with Gasteiger partial charge in [0.25, 0.3) is 0 Å². The molecule has 0 saturated carbocycles. The molecule has 1 saturated heterocycles. The number of aliphatic carboxylic acids is 1. The molecular formula is C23H28N4O2. The van der Waals surface area contributed by atoms with E-state index in [0.717, 1.165) is 55.8 Å². The van der Waals surface area contributed by atoms with Gasteiger partial charge in [0, 0.05) is 30.9 Å². The number of pyridine rings is 1. The number of rotatable bonds is 6. The minimum absolute atomic E-state index is 0.107. The molecule has 1 aromatic carbocycles. The van der Waals surface area contributed by atoms with Gasteiger partial charge >= 0.3 is 5.97 Å². The number of benzene rings is 1. The van der Waals surface area contributed by atoms with Crippen molar-refractivity contribution in [2.45, 2.75) is 31.8 Å². The summed E-state index contributed by atoms with van der Waals surface area (Å²) >= 11 is 0. The summed E-state index contributed by atoms with van der Waals surface area (Å²) in [7, 11) is 1.92. The van der Waals surface area contributed by atoms with E-state index < -0.39 is 5.97 Å². The minimum atomic E-state index is -0.758. The molecule has 3 heterocycles. The maximum absolute atomic E-state index is 11.0. The zero-order chi connectivity index (χ0) is 20.2. The summed E-state index contributed by atoms with van der Waals surface area (Å²) < 4.78 is 2.20. The Morgan fingerprint density at radius 3 is 2.72 bits per heavy atom. The van der Waals surface area contributed by atoms with Crippen LogP contribution in [-0.4, -0.2) is 63.0 Å². The van der Waals surface area contributed by atoms with Crippen molar-refractivity contribution in [3.63, 3.8) is 0 Å². The van der Waals surface area contributed by atoms with Gasteiger partial charge in [-0.1, -0.05) is 36.4 Å². The topological polar surface area (TPSA) is 61.1 Å². The molecule has 6 nitrogen and oxygen atoms in total. The molecule has 1 fully saturated rings. The van der Waals surface area contributed by atoms with Gasteiger partial charge in [-0.25, -0.2) is 4.98 Å². The fraction of sp³-hybridized carbons (Fsp3) is 0.391. The Labute approximate surface area is 171 Å². The van der Waals surface area contributed by atoms with Crippen molar-refractivity contribution in [1.82, 2.24) is 19.2 Å². The lowest BCUT2D eigenvalue weighted by atomic mass is 10.1. The summed E-state index contributed by atoms with van der Waals surface area (Å²) in [5.41, 5.74) is 4.36. The van der Waals surface area contributed by atoms with Gasteiger partial charge in [-0.2, -0.15) is 0 Å². The predicted molar refractivity (Wildman–Crippen MR) is 114 cm³/mol. The Hall–Kier alpha value is -2.70. The fourth-order valence-electron chi connectivity index (χ4n) is 4.32. The molecular weight excluding hydrogens is 364 g/mol. The van der Waals surface area contributed by atoms with Gasteiger partial charge < -0.3 is 9.51 Å². The van der Waals surface area contributed by atoms with Crippen molar-refractivity contribution >= 4 is 11.6 Å². The number of hydrogen-bond donors (Lipinski definition) is 1. The van der Waals surface area contributed by atoms with Crippen LogP contribution in [0.4, 0.5) is 0 Å². The van der Waals surface area contributed by atoms with E-state index in [2.05, 4.69) is 45.8 Å². The summed E-state index contributed by atoms with van der Waals surface area (Å²) in [6.45, 7) is 2.93. The van der Waals surface area contributed by atoms with Gasteiger partial charge in [-0.05, 0) is 45.0 Å². The molecule has 0 spiro atoms. The smallest absolute Gasteiger partial charge is 0.317 e. The van der Waals surface area contributed by atoms with Gasteiger partial charge in [0.2, 0.25) is 0 Å². The standard InChI is InChI=1S/C23H28N4O2/c1-25(17-22(28)29)19-10-7-13-26(15-12-19)16-20-23(18-8-3-2-4-9-18)24-21-11-5-6-14-27(20)21/h2-6,8-9,11,14,19H,7,10,12-13,15-17H2,1H3,(H,28,29). The van der Waals surface area contributed by atoms with Crippen LogP contribution in [0.1, 0.15) is 25.0 Å². The van der Waals surface area contributed by atoms with Crippen molar-refractivity contribution < 1.29 is 9.90 Å². The minimum Gasteiger partial charge on any atom is -0.480 e. The maximum Gasteiger partial charge on any atom is 0.317 e. The zero-order valence-electron chi connectivity index (χ0n) is 16.9. The molecule has 1 unspecified atom stereocenters. The van der Waals surface area contributed by atoms with Crippen LogP contribution < -0.4 is 0 Å². The van der Waals surface area contributed by atoms with Crippen LogP contribution in [0.5, 0.6) is 0 Å². The lowest BCUT2D eigenvalue weighted by molar-refractivity contribution is -0.138. The van der Waals surface area contributed by atoms with Crippen LogP contribution in [-0.2, 0) is 11.3 Å². The Kier molecular flexibility index (Phi) is 5.92. The third-order valence-electron chi connectivity index (χ3n) is 5.85. The van der Waals surface area contributed by atoms with Crippen LogP contribution >= 0.6 is 0 Å². The Bertz CT molecular complexity index is 969. The van der Waals surface area contributed by atoms with E-state index in [1.165, 1.54) is 5.69 Å². The molecule has 2 aromatic heterocycles. The highest BCUT2D eigenvalue weighted by Crippen LogP contribution is 2.26. The Balaban J connectivity index is 1.56. The summed E-state index contributed by atoms with van der Waals surface area (Å²) in [6, 6.07) is 16.8. The monoisotopic (exact) mass is 392 g/mol. The van der Waals surface area contributed by atoms with E-state index in [4.69, 9.17) is 10.1 Å². The number of hydrogen-bond acceptors (Lipinski definition) is 4. The number of nitrogens with zero attached hydrogens (tertiary/aromatic N) is 4. The van der Waals surface area contributed by atoms with Gasteiger partial charge in [-0.3, -0.25) is 14.6 Å². The van der Waals surface area contributed by atoms with Gasteiger partial charge in [0.05, 0.1) is 17.9 Å². The SMILES string of the molecule is CN(CC(=O)O)C1CCCN(Cc2c(-c3ccccc3)nc3ccccn23)CC1. The second-order valence-corrected chi connectivity index (χ2v) is 7.87. The van der Waals surface area contributed by atoms with E-state index in [9.17, 15) is 4.79 Å². The van der Waals surface area contributed by atoms with Crippen molar-refractivity contribution in [1.29, 1.82) is 0 Å². The molecule has 6 heteroatoms. The van der Waals surface area contributed by atoms with Crippen molar-refractivity contribution in [2.75, 3.05) is 26.7 Å². The number of fused-ring (bicyclic) bond motifs is 1. The van der Waals surface area contributed by atoms with Crippen LogP contribution in [0, 0.1) is 0 Å². The Morgan fingerprint density at radius 1 is 1.14 bits per heavy atom. The lowest BCUT2D eigenvalue weighted by Crippen LogP contribution is -2.36. The molecule has 1 N–H and O–H groups in total. The molecule has 1 aliphatic heterocycles. The average Bonchev–Trinajstić information content (AvgIpc) is 2.91. The number of carbonyl (C=O) groups is 1. The fourth-order valence-corrected chi connectivity index (χ4v) is 4.32. The molecule has 3 aromatic rings. The zero-order valence-corrected chi connectivity index (χ0v) is 16.9. The second kappa shape index (κ2) is 8.76. The molecule has 0 radical (unpaired) electrons. The highest BCUT2D eigenvalue weighted by Gasteiger charge is 2.23. The number of carboxylic acids is 1. The normalized spacial score (nSPS) is 18.2. The third kappa shape index (κ3) is 4.49. The summed E-state index contributed by atoms with van der Waals surface area (Å²) in [5, 5.41) is 9.09. The molecule has 0 amide bonds. The van der Waals surface area contributed by atoms with Crippen LogP contribution in [0.2, 0.25) is 0 Å². The third-order valence-corrected chi connectivity index (χ3v) is 5.85. The molecule has 0 bridgehead atoms. The maximum atomic E-state index is 11.0. The number of likely N-dealkylation sites (N-methyl/N-ethyl adjacent to an activating group) is 1. The van der Waals surface area contributed by atoms with E-state index in [-0.39, 0.29) is 6.54 Å². The van der Waals surface area contributed by atoms with Crippen molar-refractivity contribution in [3.05, 3.63) is 60.4 Å². The first-order chi connectivity index (χ1) is 14.1. The molecule has 0 aliphatic carbocycles. The van der Waals surface area contributed by atoms with Crippen LogP contribution in [0.15, 0.2) is 54.7 Å². The highest BCUT2D eigenvalue weighted by molar-refractivity contribution is 5.69. The molecule has 1 atom stereocenters. The first-order valence-electron chi connectivity index (χ1n) is 10.3. The lowest BCUT2D eigenvalue weighted by Gasteiger charge is -2.25. The van der Waals surface area contributed by atoms with Crippen molar-refractivity contribution in [3.8, 4) is 11.3 Å². The molecule has 4 rings (SSSR count). The summed E-state index contributed by atoms with van der Waals surface area (Å²) in [5.74, 6) is -0.758. The second-order valence-electron chi connectivity index (χ2n) is 7.87. The first kappa shape index (κ1) is 19.6. The van der Waals surface area contributed by atoms with Gasteiger partial charge in [-0.15, -0.1) is 0 Å². The van der Waals surface area contributed by atoms with E-state index in [0.29, 0.717) is 6.04 Å². The predicted octanol–water partition coefficient (Wildman–Crippen LogP) is 3.37. The Morgan fingerprint density at radius 2 is 1.93 bits per heavy atom. The quantitative estimate of drug-likeness (QED) is 0.697. The number of imidazole rings is 1.